The summed E-state index contributed by atoms with van der Waals surface area (Å²) in [6, 6.07) is 3.55. The van der Waals surface area contributed by atoms with Gasteiger partial charge in [0.1, 0.15) is 5.82 Å². The number of ether oxygens (including phenoxy) is 1. The van der Waals surface area contributed by atoms with Gasteiger partial charge in [0.25, 0.3) is 8.99 Å². The summed E-state index contributed by atoms with van der Waals surface area (Å²) in [6.45, 7) is 4.23. The molecule has 0 unspecified atom stereocenters. The van der Waals surface area contributed by atoms with Gasteiger partial charge < -0.3 is 10.5 Å². The average molecular weight is 390 g/mol. The van der Waals surface area contributed by atoms with E-state index in [4.69, 9.17) is 56.9 Å². The molecule has 2 rings (SSSR count). The molecule has 10 heteroatoms. The number of halogens is 4. The van der Waals surface area contributed by atoms with E-state index in [9.17, 15) is 0 Å². The zero-order valence-corrected chi connectivity index (χ0v) is 14.9. The van der Waals surface area contributed by atoms with Crippen molar-refractivity contribution in [3.63, 3.8) is 0 Å². The minimum absolute atomic E-state index is 0.154. The third-order valence-electron chi connectivity index (χ3n) is 1.94. The maximum Gasteiger partial charge on any atom is 0.293 e. The third kappa shape index (κ3) is 6.40. The Morgan fingerprint density at radius 1 is 1.29 bits per heavy atom. The first-order valence-electron chi connectivity index (χ1n) is 5.66. The van der Waals surface area contributed by atoms with E-state index in [2.05, 4.69) is 14.3 Å². The van der Waals surface area contributed by atoms with Crippen molar-refractivity contribution in [1.29, 1.82) is 0 Å². The fourth-order valence-electron chi connectivity index (χ4n) is 1.07. The largest absolute Gasteiger partial charge is 0.469 e. The highest BCUT2D eigenvalue weighted by atomic mass is 35.6. The molecule has 0 saturated carbocycles. The average Bonchev–Trinajstić information content (AvgIpc) is 2.84. The van der Waals surface area contributed by atoms with Crippen molar-refractivity contribution in [3.05, 3.63) is 28.7 Å². The van der Waals surface area contributed by atoms with Crippen LogP contribution in [0.3, 0.4) is 0 Å². The molecule has 0 radical (unpaired) electrons. The van der Waals surface area contributed by atoms with Crippen LogP contribution in [0.2, 0.25) is 5.02 Å². The summed E-state index contributed by atoms with van der Waals surface area (Å²) in [6.07, 6.45) is 0. The Balaban J connectivity index is 0.000000219. The number of rotatable bonds is 2. The lowest BCUT2D eigenvalue weighted by molar-refractivity contribution is 0.337. The van der Waals surface area contributed by atoms with Crippen LogP contribution in [0.1, 0.15) is 18.4 Å². The summed E-state index contributed by atoms with van der Waals surface area (Å²) in [4.78, 5) is 7.78. The molecule has 0 aliphatic rings. The molecule has 0 aliphatic heterocycles. The fourth-order valence-corrected chi connectivity index (χ4v) is 2.22. The van der Waals surface area contributed by atoms with Crippen molar-refractivity contribution in [2.75, 3.05) is 12.3 Å². The molecule has 0 spiro atoms. The van der Waals surface area contributed by atoms with Gasteiger partial charge in [-0.3, -0.25) is 0 Å². The van der Waals surface area contributed by atoms with E-state index in [0.29, 0.717) is 22.6 Å². The van der Waals surface area contributed by atoms with E-state index in [1.54, 1.807) is 6.07 Å². The summed E-state index contributed by atoms with van der Waals surface area (Å²) >= 11 is 23.2. The van der Waals surface area contributed by atoms with Crippen LogP contribution in [0.25, 0.3) is 0 Å². The zero-order chi connectivity index (χ0) is 16.0. The van der Waals surface area contributed by atoms with Crippen LogP contribution in [0.5, 0.6) is 5.19 Å². The maximum atomic E-state index is 5.59. The molecular formula is C11H12Cl4N4OS. The molecule has 116 valence electrons. The van der Waals surface area contributed by atoms with Crippen molar-refractivity contribution in [2.24, 2.45) is 0 Å². The van der Waals surface area contributed by atoms with Crippen LogP contribution in [-0.2, 0) is 3.79 Å². The highest BCUT2D eigenvalue weighted by Gasteiger charge is 2.28. The predicted octanol–water partition coefficient (Wildman–Crippen LogP) is 4.39. The van der Waals surface area contributed by atoms with Crippen molar-refractivity contribution < 1.29 is 4.74 Å². The monoisotopic (exact) mass is 388 g/mol. The van der Waals surface area contributed by atoms with Gasteiger partial charge in [-0.15, -0.1) is 0 Å². The van der Waals surface area contributed by atoms with Crippen LogP contribution in [0.4, 0.5) is 5.82 Å². The Bertz CT molecular complexity index is 588. The Morgan fingerprint density at radius 3 is 2.38 bits per heavy atom. The Morgan fingerprint density at radius 2 is 1.95 bits per heavy atom. The van der Waals surface area contributed by atoms with Crippen LogP contribution in [0.15, 0.2) is 12.1 Å². The van der Waals surface area contributed by atoms with Crippen LogP contribution >= 0.6 is 57.9 Å². The van der Waals surface area contributed by atoms with Crippen LogP contribution in [0, 0.1) is 6.92 Å². The molecule has 0 amide bonds. The normalized spacial score (nSPS) is 10.8. The summed E-state index contributed by atoms with van der Waals surface area (Å²) in [5.74, 6) is 0.553. The van der Waals surface area contributed by atoms with Crippen molar-refractivity contribution in [1.82, 2.24) is 14.3 Å². The maximum absolute atomic E-state index is 5.59. The number of alkyl halides is 3. The molecule has 0 atom stereocenters. The van der Waals surface area contributed by atoms with Gasteiger partial charge >= 0.3 is 0 Å². The molecule has 2 aromatic heterocycles. The van der Waals surface area contributed by atoms with Gasteiger partial charge in [0, 0.05) is 17.2 Å². The van der Waals surface area contributed by atoms with E-state index in [1.165, 1.54) is 0 Å². The first kappa shape index (κ1) is 18.5. The van der Waals surface area contributed by atoms with E-state index in [1.807, 2.05) is 19.9 Å². The number of aryl methyl sites for hydroxylation is 1. The minimum Gasteiger partial charge on any atom is -0.469 e. The Hall–Kier alpha value is -0.530. The molecule has 0 fully saturated rings. The van der Waals surface area contributed by atoms with E-state index in [-0.39, 0.29) is 5.82 Å². The topological polar surface area (TPSA) is 73.9 Å². The number of anilines is 1. The number of aromatic nitrogens is 3. The number of pyridine rings is 1. The van der Waals surface area contributed by atoms with Gasteiger partial charge in [-0.1, -0.05) is 46.4 Å². The van der Waals surface area contributed by atoms with Gasteiger partial charge in [-0.25, -0.2) is 4.98 Å². The second-order valence-corrected chi connectivity index (χ2v) is 7.04. The molecule has 2 aromatic rings. The second-order valence-electron chi connectivity index (χ2n) is 3.63. The first-order valence-corrected chi connectivity index (χ1v) is 7.95. The molecule has 0 bridgehead atoms. The lowest BCUT2D eigenvalue weighted by Crippen LogP contribution is -2.02. The summed E-state index contributed by atoms with van der Waals surface area (Å²) in [5, 5.41) is 0.930. The molecule has 2 N–H and O–H groups in total. The second kappa shape index (κ2) is 8.19. The lowest BCUT2D eigenvalue weighted by Gasteiger charge is -2.02. The van der Waals surface area contributed by atoms with Gasteiger partial charge in [0.05, 0.1) is 11.6 Å². The van der Waals surface area contributed by atoms with E-state index >= 15 is 0 Å². The molecule has 21 heavy (non-hydrogen) atoms. The van der Waals surface area contributed by atoms with Crippen molar-refractivity contribution >= 4 is 63.8 Å². The Kier molecular flexibility index (Phi) is 7.23. The number of nitrogen functional groups attached to an aromatic ring is 1. The van der Waals surface area contributed by atoms with Crippen molar-refractivity contribution in [3.8, 4) is 5.19 Å². The van der Waals surface area contributed by atoms with Gasteiger partial charge in [-0.05, 0) is 26.0 Å². The van der Waals surface area contributed by atoms with Crippen LogP contribution < -0.4 is 10.5 Å². The van der Waals surface area contributed by atoms with Gasteiger partial charge in [0.15, 0.2) is 5.82 Å². The number of hydrogen-bond acceptors (Lipinski definition) is 6. The molecule has 0 aromatic carbocycles. The van der Waals surface area contributed by atoms with Crippen molar-refractivity contribution in [2.45, 2.75) is 17.6 Å². The standard InChI is InChI=1S/C6H7ClN2.C5H5Cl3N2OS/c1-4-2-3-5(7)6(8)9-4;1-2-11-4-9-3(10-12-4)5(6,7)8/h2-3H,1H3,(H2,8,9);2H2,1H3. The quantitative estimate of drug-likeness (QED) is 0.771. The molecule has 0 saturated heterocycles. The van der Waals surface area contributed by atoms with Crippen LogP contribution in [-0.4, -0.2) is 20.9 Å². The molecule has 0 aliphatic carbocycles. The summed E-state index contributed by atoms with van der Waals surface area (Å²) in [5.41, 5.74) is 6.26. The SMILES string of the molecule is CCOc1nc(C(Cl)(Cl)Cl)ns1.Cc1ccc(Cl)c(N)n1. The highest BCUT2D eigenvalue weighted by molar-refractivity contribution is 7.07. The zero-order valence-electron chi connectivity index (χ0n) is 11.1. The smallest absolute Gasteiger partial charge is 0.293 e. The van der Waals surface area contributed by atoms with Gasteiger partial charge in [0.2, 0.25) is 0 Å². The van der Waals surface area contributed by atoms with Gasteiger partial charge in [-0.2, -0.15) is 9.36 Å². The summed E-state index contributed by atoms with van der Waals surface area (Å²) in [7, 11) is 0. The molecule has 5 nitrogen and oxygen atoms in total. The van der Waals surface area contributed by atoms with E-state index in [0.717, 1.165) is 17.2 Å². The number of nitrogens with zero attached hydrogens (tertiary/aromatic N) is 3. The lowest BCUT2D eigenvalue weighted by atomic mass is 10.4. The highest BCUT2D eigenvalue weighted by Crippen LogP contribution is 2.37. The first-order chi connectivity index (χ1) is 9.74. The third-order valence-corrected chi connectivity index (χ3v) is 3.40. The fraction of sp³-hybridized carbons (Fsp3) is 0.364. The predicted molar refractivity (Wildman–Crippen MR) is 88.7 cm³/mol. The number of hydrogen-bond donors (Lipinski definition) is 1. The molecule has 2 heterocycles. The van der Waals surface area contributed by atoms with E-state index < -0.39 is 3.79 Å². The minimum atomic E-state index is -1.56. The number of nitrogens with two attached hydrogens (primary N) is 1. The molecular weight excluding hydrogens is 378 g/mol. The Labute approximate surface area is 146 Å². The summed E-state index contributed by atoms with van der Waals surface area (Å²) < 4.78 is 7.30.